The van der Waals surface area contributed by atoms with Gasteiger partial charge in [0, 0.05) is 12.8 Å². The molecule has 250 valence electrons. The molecule has 0 aromatic rings. The van der Waals surface area contributed by atoms with Crippen molar-refractivity contribution in [3.05, 3.63) is 0 Å². The van der Waals surface area contributed by atoms with Gasteiger partial charge in [-0.15, -0.1) is 0 Å². The second kappa shape index (κ2) is 34.4. The van der Waals surface area contributed by atoms with Crippen LogP contribution in [0.25, 0.3) is 0 Å². The smallest absolute Gasteiger partial charge is 0.305 e. The van der Waals surface area contributed by atoms with Gasteiger partial charge in [-0.3, -0.25) is 9.59 Å². The summed E-state index contributed by atoms with van der Waals surface area (Å²) in [6, 6.07) is 0. The van der Waals surface area contributed by atoms with Crippen molar-refractivity contribution >= 4 is 11.9 Å². The first-order valence-corrected chi connectivity index (χ1v) is 18.6. The predicted octanol–water partition coefficient (Wildman–Crippen LogP) is 11.2. The molecule has 1 N–H and O–H groups in total. The van der Waals surface area contributed by atoms with Crippen LogP contribution in [0.2, 0.25) is 0 Å². The highest BCUT2D eigenvalue weighted by Crippen LogP contribution is 2.15. The minimum absolute atomic E-state index is 0.108. The van der Waals surface area contributed by atoms with Gasteiger partial charge < -0.3 is 14.6 Å². The Morgan fingerprint density at radius 1 is 0.405 bits per heavy atom. The van der Waals surface area contributed by atoms with E-state index in [4.69, 9.17) is 9.47 Å². The van der Waals surface area contributed by atoms with Crippen LogP contribution in [0.15, 0.2) is 0 Å². The molecule has 0 spiro atoms. The first kappa shape index (κ1) is 40.9. The summed E-state index contributed by atoms with van der Waals surface area (Å²) in [7, 11) is 0. The molecule has 0 heterocycles. The third kappa shape index (κ3) is 33.4. The second-order valence-corrected chi connectivity index (χ2v) is 12.7. The number of carbonyl (C=O) groups excluding carboxylic acids is 2. The third-order valence-electron chi connectivity index (χ3n) is 8.34. The molecule has 0 aliphatic rings. The lowest BCUT2D eigenvalue weighted by Crippen LogP contribution is -2.25. The number of hydrogen-bond donors (Lipinski definition) is 1. The topological polar surface area (TPSA) is 72.8 Å². The molecule has 0 rings (SSSR count). The molecule has 0 saturated carbocycles. The fraction of sp³-hybridized carbons (Fsp3) is 0.946. The summed E-state index contributed by atoms with van der Waals surface area (Å²) in [5, 5.41) is 9.98. The van der Waals surface area contributed by atoms with E-state index in [9.17, 15) is 14.7 Å². The van der Waals surface area contributed by atoms with Gasteiger partial charge in [-0.1, -0.05) is 181 Å². The largest absolute Gasteiger partial charge is 0.463 e. The van der Waals surface area contributed by atoms with Crippen LogP contribution >= 0.6 is 0 Å². The SMILES string of the molecule is CCCCCCCCCCCCCCCCC(=O)OCC(O)COC(=O)CCCCCCCCCCCCCCCC. The van der Waals surface area contributed by atoms with Crippen LogP contribution < -0.4 is 0 Å². The first-order valence-electron chi connectivity index (χ1n) is 18.6. The van der Waals surface area contributed by atoms with E-state index in [-0.39, 0.29) is 25.2 Å². The highest BCUT2D eigenvalue weighted by molar-refractivity contribution is 5.69. The Hall–Kier alpha value is -1.10. The van der Waals surface area contributed by atoms with Crippen molar-refractivity contribution in [1.82, 2.24) is 0 Å². The number of carbonyl (C=O) groups is 2. The number of esters is 2. The van der Waals surface area contributed by atoms with Gasteiger partial charge in [0.15, 0.2) is 0 Å². The molecule has 0 saturated heterocycles. The third-order valence-corrected chi connectivity index (χ3v) is 8.34. The van der Waals surface area contributed by atoms with E-state index in [0.717, 1.165) is 25.7 Å². The van der Waals surface area contributed by atoms with E-state index in [1.807, 2.05) is 0 Å². The van der Waals surface area contributed by atoms with Gasteiger partial charge in [-0.2, -0.15) is 0 Å². The summed E-state index contributed by atoms with van der Waals surface area (Å²) in [5.74, 6) is -0.552. The van der Waals surface area contributed by atoms with Crippen molar-refractivity contribution < 1.29 is 24.2 Å². The average Bonchev–Trinajstić information content (AvgIpc) is 2.99. The Kier molecular flexibility index (Phi) is 33.5. The summed E-state index contributed by atoms with van der Waals surface area (Å²) in [6.07, 6.45) is 35.8. The van der Waals surface area contributed by atoms with E-state index < -0.39 is 6.10 Å². The summed E-state index contributed by atoms with van der Waals surface area (Å²) in [6.45, 7) is 4.32. The number of aliphatic hydroxyl groups is 1. The molecule has 0 aliphatic carbocycles. The summed E-state index contributed by atoms with van der Waals surface area (Å²) in [5.41, 5.74) is 0. The van der Waals surface area contributed by atoms with E-state index in [1.54, 1.807) is 0 Å². The van der Waals surface area contributed by atoms with Crippen LogP contribution in [0.3, 0.4) is 0 Å². The van der Waals surface area contributed by atoms with E-state index >= 15 is 0 Å². The Labute approximate surface area is 261 Å². The summed E-state index contributed by atoms with van der Waals surface area (Å²) in [4.78, 5) is 23.8. The lowest BCUT2D eigenvalue weighted by atomic mass is 10.0. The highest BCUT2D eigenvalue weighted by atomic mass is 16.6. The minimum Gasteiger partial charge on any atom is -0.463 e. The van der Waals surface area contributed by atoms with Gasteiger partial charge in [0.2, 0.25) is 0 Å². The maximum absolute atomic E-state index is 11.9. The van der Waals surface area contributed by atoms with Gasteiger partial charge in [0.1, 0.15) is 19.3 Å². The number of aliphatic hydroxyl groups excluding tert-OH is 1. The van der Waals surface area contributed by atoms with Crippen LogP contribution in [0.5, 0.6) is 0 Å². The molecule has 0 unspecified atom stereocenters. The Bertz CT molecular complexity index is 516. The van der Waals surface area contributed by atoms with Crippen LogP contribution in [0.1, 0.15) is 206 Å². The van der Waals surface area contributed by atoms with Crippen LogP contribution in [-0.2, 0) is 19.1 Å². The zero-order valence-electron chi connectivity index (χ0n) is 28.3. The maximum atomic E-state index is 11.9. The molecule has 0 atom stereocenters. The van der Waals surface area contributed by atoms with Crippen LogP contribution in [-0.4, -0.2) is 36.4 Å². The van der Waals surface area contributed by atoms with Gasteiger partial charge >= 0.3 is 11.9 Å². The average molecular weight is 597 g/mol. The fourth-order valence-electron chi connectivity index (χ4n) is 5.50. The van der Waals surface area contributed by atoms with E-state index in [2.05, 4.69) is 13.8 Å². The van der Waals surface area contributed by atoms with Gasteiger partial charge in [0.25, 0.3) is 0 Å². The molecule has 0 aromatic heterocycles. The zero-order chi connectivity index (χ0) is 30.8. The molecule has 0 bridgehead atoms. The second-order valence-electron chi connectivity index (χ2n) is 12.7. The van der Waals surface area contributed by atoms with Gasteiger partial charge in [-0.05, 0) is 12.8 Å². The van der Waals surface area contributed by atoms with E-state index in [0.29, 0.717) is 12.8 Å². The highest BCUT2D eigenvalue weighted by Gasteiger charge is 2.12. The van der Waals surface area contributed by atoms with Crippen molar-refractivity contribution in [3.8, 4) is 0 Å². The number of rotatable bonds is 34. The molecule has 42 heavy (non-hydrogen) atoms. The van der Waals surface area contributed by atoms with E-state index in [1.165, 1.54) is 154 Å². The molecular weight excluding hydrogens is 524 g/mol. The molecule has 0 amide bonds. The van der Waals surface area contributed by atoms with Crippen molar-refractivity contribution in [1.29, 1.82) is 0 Å². The summed E-state index contributed by atoms with van der Waals surface area (Å²) >= 11 is 0. The monoisotopic (exact) mass is 597 g/mol. The number of ether oxygens (including phenoxy) is 2. The molecule has 0 radical (unpaired) electrons. The van der Waals surface area contributed by atoms with Crippen molar-refractivity contribution in [2.75, 3.05) is 13.2 Å². The number of unbranched alkanes of at least 4 members (excludes halogenated alkanes) is 26. The quantitative estimate of drug-likeness (QED) is 0.0591. The maximum Gasteiger partial charge on any atom is 0.305 e. The lowest BCUT2D eigenvalue weighted by Gasteiger charge is -2.12. The molecule has 5 nitrogen and oxygen atoms in total. The van der Waals surface area contributed by atoms with Crippen LogP contribution in [0, 0.1) is 0 Å². The van der Waals surface area contributed by atoms with Gasteiger partial charge in [-0.25, -0.2) is 0 Å². The first-order chi connectivity index (χ1) is 20.6. The number of hydrogen-bond acceptors (Lipinski definition) is 5. The zero-order valence-corrected chi connectivity index (χ0v) is 28.3. The van der Waals surface area contributed by atoms with Crippen molar-refractivity contribution in [2.24, 2.45) is 0 Å². The van der Waals surface area contributed by atoms with Crippen molar-refractivity contribution in [2.45, 2.75) is 213 Å². The minimum atomic E-state index is -0.953. The molecule has 0 aromatic carbocycles. The van der Waals surface area contributed by atoms with Crippen LogP contribution in [0.4, 0.5) is 0 Å². The standard InChI is InChI=1S/C37H72O5/c1-3-5-7-9-11-13-15-17-19-21-23-25-27-29-31-36(39)41-33-35(38)34-42-37(40)32-30-28-26-24-22-20-18-16-14-12-10-8-6-4-2/h35,38H,3-34H2,1-2H3. The lowest BCUT2D eigenvalue weighted by molar-refractivity contribution is -0.152. The predicted molar refractivity (Wildman–Crippen MR) is 178 cm³/mol. The molecule has 5 heteroatoms. The summed E-state index contributed by atoms with van der Waals surface area (Å²) < 4.78 is 10.3. The Balaban J connectivity index is 3.38. The van der Waals surface area contributed by atoms with Crippen molar-refractivity contribution in [3.63, 3.8) is 0 Å². The molecule has 0 aliphatic heterocycles. The normalized spacial score (nSPS) is 11.3. The Morgan fingerprint density at radius 2 is 0.619 bits per heavy atom. The Morgan fingerprint density at radius 3 is 0.857 bits per heavy atom. The van der Waals surface area contributed by atoms with Gasteiger partial charge in [0.05, 0.1) is 0 Å². The fourth-order valence-corrected chi connectivity index (χ4v) is 5.50. The molecule has 0 fully saturated rings. The molecular formula is C37H72O5.